The molecule has 6 nitrogen and oxygen atoms in total. The molecule has 1 amide bonds. The third kappa shape index (κ3) is 3.75. The highest BCUT2D eigenvalue weighted by Crippen LogP contribution is 2.28. The van der Waals surface area contributed by atoms with Crippen molar-refractivity contribution in [2.75, 3.05) is 25.3 Å². The zero-order valence-corrected chi connectivity index (χ0v) is 13.8. The zero-order chi connectivity index (χ0) is 16.1. The molecule has 7 heteroatoms. The van der Waals surface area contributed by atoms with Gasteiger partial charge in [-0.3, -0.25) is 4.79 Å². The predicted molar refractivity (Wildman–Crippen MR) is 88.0 cm³/mol. The van der Waals surface area contributed by atoms with Crippen molar-refractivity contribution in [1.82, 2.24) is 4.98 Å². The Kier molecular flexibility index (Phi) is 5.35. The Balaban J connectivity index is 2.24. The van der Waals surface area contributed by atoms with Crippen LogP contribution in [0.1, 0.15) is 16.1 Å². The molecule has 0 radical (unpaired) electrons. The molecular formula is C15H16BrN3O3. The third-order valence-electron chi connectivity index (χ3n) is 2.93. The van der Waals surface area contributed by atoms with Crippen LogP contribution in [0.2, 0.25) is 0 Å². The maximum atomic E-state index is 12.4. The van der Waals surface area contributed by atoms with Crippen LogP contribution in [0, 0.1) is 0 Å². The smallest absolute Gasteiger partial charge is 0.259 e. The average Bonchev–Trinajstić information content (AvgIpc) is 2.48. The summed E-state index contributed by atoms with van der Waals surface area (Å²) in [4.78, 5) is 16.5. The van der Waals surface area contributed by atoms with E-state index in [-0.39, 0.29) is 11.7 Å². The van der Waals surface area contributed by atoms with Crippen LogP contribution in [-0.4, -0.2) is 25.1 Å². The van der Waals surface area contributed by atoms with Crippen molar-refractivity contribution in [3.05, 3.63) is 46.1 Å². The number of pyridine rings is 1. The number of benzene rings is 1. The van der Waals surface area contributed by atoms with Gasteiger partial charge in [0.05, 0.1) is 30.7 Å². The highest BCUT2D eigenvalue weighted by atomic mass is 79.9. The van der Waals surface area contributed by atoms with Gasteiger partial charge in [0.2, 0.25) is 0 Å². The first-order valence-corrected chi connectivity index (χ1v) is 7.23. The number of nitrogens with two attached hydrogens (primary N) is 1. The molecule has 0 aliphatic rings. The van der Waals surface area contributed by atoms with E-state index in [1.165, 1.54) is 7.11 Å². The quantitative estimate of drug-likeness (QED) is 0.850. The minimum atomic E-state index is -0.356. The molecule has 0 unspecified atom stereocenters. The van der Waals surface area contributed by atoms with Crippen LogP contribution in [0.15, 0.2) is 34.8 Å². The molecule has 0 bridgehead atoms. The summed E-state index contributed by atoms with van der Waals surface area (Å²) in [7, 11) is 3.10. The molecule has 1 aromatic carbocycles. The third-order valence-corrected chi connectivity index (χ3v) is 3.42. The van der Waals surface area contributed by atoms with E-state index in [0.717, 1.165) is 4.47 Å². The number of halogens is 1. The van der Waals surface area contributed by atoms with E-state index < -0.39 is 0 Å². The number of hydrogen-bond donors (Lipinski definition) is 2. The number of methoxy groups -OCH3 is 2. The van der Waals surface area contributed by atoms with Crippen LogP contribution in [0.5, 0.6) is 5.75 Å². The summed E-state index contributed by atoms with van der Waals surface area (Å²) in [6.45, 7) is 0.339. The molecule has 2 aromatic rings. The maximum Gasteiger partial charge on any atom is 0.259 e. The summed E-state index contributed by atoms with van der Waals surface area (Å²) in [5.74, 6) is 0.352. The first-order valence-electron chi connectivity index (χ1n) is 6.44. The lowest BCUT2D eigenvalue weighted by Crippen LogP contribution is -2.16. The summed E-state index contributed by atoms with van der Waals surface area (Å²) in [5.41, 5.74) is 7.34. The zero-order valence-electron chi connectivity index (χ0n) is 12.2. The van der Waals surface area contributed by atoms with Crippen molar-refractivity contribution < 1.29 is 14.3 Å². The SMILES string of the molecule is COCc1ccc(C(=O)Nc2cc(Br)ccc2OC)c(N)n1. The molecule has 0 fully saturated rings. The van der Waals surface area contributed by atoms with Crippen molar-refractivity contribution in [2.45, 2.75) is 6.61 Å². The first-order chi connectivity index (χ1) is 10.5. The molecular weight excluding hydrogens is 350 g/mol. The molecule has 2 rings (SSSR count). The van der Waals surface area contributed by atoms with Crippen molar-refractivity contribution in [1.29, 1.82) is 0 Å². The maximum absolute atomic E-state index is 12.4. The van der Waals surface area contributed by atoms with Gasteiger partial charge < -0.3 is 20.5 Å². The Labute approximate surface area is 136 Å². The van der Waals surface area contributed by atoms with E-state index in [4.69, 9.17) is 15.2 Å². The van der Waals surface area contributed by atoms with Gasteiger partial charge in [0.1, 0.15) is 11.6 Å². The van der Waals surface area contributed by atoms with Crippen LogP contribution < -0.4 is 15.8 Å². The molecule has 116 valence electrons. The van der Waals surface area contributed by atoms with E-state index in [2.05, 4.69) is 26.2 Å². The number of nitrogens with one attached hydrogen (secondary N) is 1. The van der Waals surface area contributed by atoms with Crippen LogP contribution in [0.4, 0.5) is 11.5 Å². The fourth-order valence-electron chi connectivity index (χ4n) is 1.90. The van der Waals surface area contributed by atoms with Crippen molar-refractivity contribution in [3.8, 4) is 5.75 Å². The number of carbonyl (C=O) groups excluding carboxylic acids is 1. The summed E-state index contributed by atoms with van der Waals surface area (Å²) in [6, 6.07) is 8.65. The van der Waals surface area contributed by atoms with Crippen LogP contribution in [0.25, 0.3) is 0 Å². The second-order valence-corrected chi connectivity index (χ2v) is 5.38. The van der Waals surface area contributed by atoms with Gasteiger partial charge in [-0.25, -0.2) is 4.98 Å². The molecule has 0 saturated heterocycles. The first kappa shape index (κ1) is 16.3. The van der Waals surface area contributed by atoms with Gasteiger partial charge in [0, 0.05) is 11.6 Å². The Bertz CT molecular complexity index is 692. The van der Waals surface area contributed by atoms with Crippen LogP contribution in [0.3, 0.4) is 0 Å². The van der Waals surface area contributed by atoms with E-state index in [1.54, 1.807) is 31.4 Å². The van der Waals surface area contributed by atoms with E-state index >= 15 is 0 Å². The van der Waals surface area contributed by atoms with Gasteiger partial charge in [-0.05, 0) is 30.3 Å². The number of aromatic nitrogens is 1. The number of hydrogen-bond acceptors (Lipinski definition) is 5. The van der Waals surface area contributed by atoms with E-state index in [0.29, 0.717) is 29.3 Å². The Morgan fingerprint density at radius 2 is 2.09 bits per heavy atom. The number of ether oxygens (including phenoxy) is 2. The number of amides is 1. The summed E-state index contributed by atoms with van der Waals surface area (Å²) < 4.78 is 11.0. The Morgan fingerprint density at radius 1 is 1.32 bits per heavy atom. The van der Waals surface area contributed by atoms with Crippen molar-refractivity contribution in [3.63, 3.8) is 0 Å². The largest absolute Gasteiger partial charge is 0.495 e. The van der Waals surface area contributed by atoms with E-state index in [1.807, 2.05) is 6.07 Å². The average molecular weight is 366 g/mol. The molecule has 1 aromatic heterocycles. The molecule has 0 saturated carbocycles. The second kappa shape index (κ2) is 7.24. The summed E-state index contributed by atoms with van der Waals surface area (Å²) >= 11 is 3.36. The summed E-state index contributed by atoms with van der Waals surface area (Å²) in [6.07, 6.45) is 0. The molecule has 1 heterocycles. The number of rotatable bonds is 5. The van der Waals surface area contributed by atoms with Crippen molar-refractivity contribution in [2.24, 2.45) is 0 Å². The van der Waals surface area contributed by atoms with E-state index in [9.17, 15) is 4.79 Å². The monoisotopic (exact) mass is 365 g/mol. The summed E-state index contributed by atoms with van der Waals surface area (Å²) in [5, 5.41) is 2.77. The van der Waals surface area contributed by atoms with Crippen LogP contribution in [-0.2, 0) is 11.3 Å². The lowest BCUT2D eigenvalue weighted by Gasteiger charge is -2.12. The number of nitrogens with zero attached hydrogens (tertiary/aromatic N) is 1. The fourth-order valence-corrected chi connectivity index (χ4v) is 2.27. The Hall–Kier alpha value is -2.12. The van der Waals surface area contributed by atoms with Crippen molar-refractivity contribution >= 4 is 33.3 Å². The standard InChI is InChI=1S/C15H16BrN3O3/c1-21-8-10-4-5-11(14(17)18-10)15(20)19-12-7-9(16)3-6-13(12)22-2/h3-7H,8H2,1-2H3,(H2,17,18)(H,19,20). The highest BCUT2D eigenvalue weighted by molar-refractivity contribution is 9.10. The highest BCUT2D eigenvalue weighted by Gasteiger charge is 2.14. The minimum Gasteiger partial charge on any atom is -0.495 e. The topological polar surface area (TPSA) is 86.5 Å². The van der Waals surface area contributed by atoms with Gasteiger partial charge >= 0.3 is 0 Å². The molecule has 3 N–H and O–H groups in total. The molecule has 0 aliphatic heterocycles. The lowest BCUT2D eigenvalue weighted by molar-refractivity contribution is 0.102. The van der Waals surface area contributed by atoms with Gasteiger partial charge in [0.15, 0.2) is 0 Å². The van der Waals surface area contributed by atoms with Crippen LogP contribution >= 0.6 is 15.9 Å². The fraction of sp³-hybridized carbons (Fsp3) is 0.200. The molecule has 0 spiro atoms. The molecule has 0 atom stereocenters. The van der Waals surface area contributed by atoms with Gasteiger partial charge in [-0.15, -0.1) is 0 Å². The number of anilines is 2. The molecule has 0 aliphatic carbocycles. The normalized spacial score (nSPS) is 10.3. The molecule has 22 heavy (non-hydrogen) atoms. The second-order valence-electron chi connectivity index (χ2n) is 4.47. The number of nitrogen functional groups attached to an aromatic ring is 1. The lowest BCUT2D eigenvalue weighted by atomic mass is 10.2. The minimum absolute atomic E-state index is 0.154. The van der Waals surface area contributed by atoms with Gasteiger partial charge in [-0.2, -0.15) is 0 Å². The van der Waals surface area contributed by atoms with Gasteiger partial charge in [0.25, 0.3) is 5.91 Å². The number of carbonyl (C=O) groups is 1. The predicted octanol–water partition coefficient (Wildman–Crippen LogP) is 2.83. The van der Waals surface area contributed by atoms with Gasteiger partial charge in [-0.1, -0.05) is 15.9 Å². The Morgan fingerprint density at radius 3 is 2.73 bits per heavy atom.